The van der Waals surface area contributed by atoms with Gasteiger partial charge in [-0.3, -0.25) is 0 Å². The number of halogens is 1. The number of hydrogen-bond donors (Lipinski definition) is 2. The van der Waals surface area contributed by atoms with Gasteiger partial charge >= 0.3 is 0 Å². The van der Waals surface area contributed by atoms with Crippen LogP contribution in [0.3, 0.4) is 0 Å². The van der Waals surface area contributed by atoms with E-state index < -0.39 is 6.10 Å². The van der Waals surface area contributed by atoms with E-state index in [1.807, 2.05) is 0 Å². The van der Waals surface area contributed by atoms with E-state index in [1.54, 1.807) is 26.3 Å². The fraction of sp³-hybridized carbons (Fsp3) is 0.455. The van der Waals surface area contributed by atoms with E-state index in [0.29, 0.717) is 28.6 Å². The topological polar surface area (TPSA) is 50.7 Å². The number of likely N-dealkylation sites (N-methyl/N-ethyl adjacent to an activating group) is 1. The third-order valence-electron chi connectivity index (χ3n) is 2.26. The van der Waals surface area contributed by atoms with Gasteiger partial charge in [0.25, 0.3) is 0 Å². The zero-order chi connectivity index (χ0) is 12.1. The Kier molecular flexibility index (Phi) is 4.86. The van der Waals surface area contributed by atoms with Crippen LogP contribution >= 0.6 is 11.6 Å². The van der Waals surface area contributed by atoms with Crippen LogP contribution in [0.4, 0.5) is 0 Å². The number of aliphatic hydroxyl groups excluding tert-OH is 1. The molecule has 0 heterocycles. The van der Waals surface area contributed by atoms with Gasteiger partial charge in [-0.05, 0) is 19.2 Å². The second-order valence-corrected chi connectivity index (χ2v) is 3.68. The number of benzene rings is 1. The van der Waals surface area contributed by atoms with Crippen LogP contribution in [0.1, 0.15) is 11.7 Å². The first-order valence-corrected chi connectivity index (χ1v) is 5.26. The molecule has 0 aliphatic carbocycles. The number of methoxy groups -OCH3 is 2. The Morgan fingerprint density at radius 3 is 2.56 bits per heavy atom. The molecule has 0 radical (unpaired) electrons. The zero-order valence-electron chi connectivity index (χ0n) is 9.58. The monoisotopic (exact) mass is 245 g/mol. The van der Waals surface area contributed by atoms with Gasteiger partial charge in [-0.25, -0.2) is 0 Å². The third kappa shape index (κ3) is 2.58. The second-order valence-electron chi connectivity index (χ2n) is 3.27. The normalized spacial score (nSPS) is 12.3. The second kappa shape index (κ2) is 5.94. The number of aliphatic hydroxyl groups is 1. The zero-order valence-corrected chi connectivity index (χ0v) is 10.3. The molecule has 0 fully saturated rings. The molecular weight excluding hydrogens is 230 g/mol. The summed E-state index contributed by atoms with van der Waals surface area (Å²) in [4.78, 5) is 0. The first-order chi connectivity index (χ1) is 7.65. The van der Waals surface area contributed by atoms with Crippen LogP contribution in [-0.2, 0) is 0 Å². The summed E-state index contributed by atoms with van der Waals surface area (Å²) in [6.07, 6.45) is -0.734. The molecule has 0 amide bonds. The summed E-state index contributed by atoms with van der Waals surface area (Å²) in [6.45, 7) is 0.392. The van der Waals surface area contributed by atoms with Crippen LogP contribution in [0.5, 0.6) is 11.5 Å². The van der Waals surface area contributed by atoms with Crippen LogP contribution in [0.25, 0.3) is 0 Å². The van der Waals surface area contributed by atoms with Crippen LogP contribution in [0, 0.1) is 0 Å². The average molecular weight is 246 g/mol. The average Bonchev–Trinajstić information content (AvgIpc) is 2.28. The molecule has 0 spiro atoms. The van der Waals surface area contributed by atoms with E-state index in [9.17, 15) is 5.11 Å². The van der Waals surface area contributed by atoms with Crippen molar-refractivity contribution < 1.29 is 14.6 Å². The van der Waals surface area contributed by atoms with Crippen molar-refractivity contribution in [1.29, 1.82) is 0 Å². The highest BCUT2D eigenvalue weighted by Crippen LogP contribution is 2.39. The molecule has 2 N–H and O–H groups in total. The van der Waals surface area contributed by atoms with Gasteiger partial charge in [0.2, 0.25) is 0 Å². The molecule has 90 valence electrons. The van der Waals surface area contributed by atoms with Crippen molar-refractivity contribution in [2.24, 2.45) is 0 Å². The van der Waals surface area contributed by atoms with E-state index in [-0.39, 0.29) is 0 Å². The van der Waals surface area contributed by atoms with Gasteiger partial charge in [0.15, 0.2) is 11.5 Å². The minimum Gasteiger partial charge on any atom is -0.493 e. The van der Waals surface area contributed by atoms with Crippen LogP contribution in [0.2, 0.25) is 5.02 Å². The maximum Gasteiger partial charge on any atom is 0.168 e. The maximum absolute atomic E-state index is 9.95. The van der Waals surface area contributed by atoms with Crippen LogP contribution in [-0.4, -0.2) is 32.9 Å². The van der Waals surface area contributed by atoms with Gasteiger partial charge in [-0.15, -0.1) is 0 Å². The predicted octanol–water partition coefficient (Wildman–Crippen LogP) is 1.61. The third-order valence-corrected chi connectivity index (χ3v) is 2.59. The van der Waals surface area contributed by atoms with Crippen molar-refractivity contribution in [2.75, 3.05) is 27.8 Å². The number of hydrogen-bond acceptors (Lipinski definition) is 4. The quantitative estimate of drug-likeness (QED) is 0.828. The molecular formula is C11H16ClNO3. The molecule has 1 aromatic rings. The van der Waals surface area contributed by atoms with E-state index >= 15 is 0 Å². The van der Waals surface area contributed by atoms with Crippen LogP contribution < -0.4 is 14.8 Å². The van der Waals surface area contributed by atoms with Gasteiger partial charge < -0.3 is 19.9 Å². The van der Waals surface area contributed by atoms with E-state index in [1.165, 1.54) is 7.11 Å². The number of nitrogens with one attached hydrogen (secondary N) is 1. The molecule has 1 unspecified atom stereocenters. The summed E-state index contributed by atoms with van der Waals surface area (Å²) in [6, 6.07) is 3.38. The molecule has 4 nitrogen and oxygen atoms in total. The Balaban J connectivity index is 3.22. The lowest BCUT2D eigenvalue weighted by molar-refractivity contribution is 0.172. The van der Waals surface area contributed by atoms with E-state index in [2.05, 4.69) is 5.32 Å². The van der Waals surface area contributed by atoms with Crippen molar-refractivity contribution in [3.05, 3.63) is 22.7 Å². The minimum absolute atomic E-state index is 0.392. The summed E-state index contributed by atoms with van der Waals surface area (Å²) in [7, 11) is 4.81. The highest BCUT2D eigenvalue weighted by atomic mass is 35.5. The summed E-state index contributed by atoms with van der Waals surface area (Å²) in [5.41, 5.74) is 0.540. The minimum atomic E-state index is -0.734. The van der Waals surface area contributed by atoms with Crippen molar-refractivity contribution in [2.45, 2.75) is 6.10 Å². The molecule has 1 aromatic carbocycles. The lowest BCUT2D eigenvalue weighted by atomic mass is 10.1. The van der Waals surface area contributed by atoms with Gasteiger partial charge in [-0.2, -0.15) is 0 Å². The number of rotatable bonds is 5. The molecule has 1 rings (SSSR count). The smallest absolute Gasteiger partial charge is 0.168 e. The summed E-state index contributed by atoms with van der Waals surface area (Å²) < 4.78 is 10.4. The molecule has 0 bridgehead atoms. The fourth-order valence-corrected chi connectivity index (χ4v) is 1.81. The van der Waals surface area contributed by atoms with Crippen molar-refractivity contribution >= 4 is 11.6 Å². The Bertz CT molecular complexity index is 357. The summed E-state index contributed by atoms with van der Waals surface area (Å²) in [5, 5.41) is 13.3. The molecule has 1 atom stereocenters. The molecule has 0 saturated carbocycles. The SMILES string of the molecule is CNCC(O)c1c(Cl)ccc(OC)c1OC. The van der Waals surface area contributed by atoms with Crippen molar-refractivity contribution in [3.8, 4) is 11.5 Å². The molecule has 16 heavy (non-hydrogen) atoms. The van der Waals surface area contributed by atoms with Gasteiger partial charge in [0, 0.05) is 12.1 Å². The van der Waals surface area contributed by atoms with E-state index in [0.717, 1.165) is 0 Å². The Morgan fingerprint density at radius 2 is 2.06 bits per heavy atom. The highest BCUT2D eigenvalue weighted by Gasteiger charge is 2.20. The standard InChI is InChI=1S/C11H16ClNO3/c1-13-6-8(14)10-7(12)4-5-9(15-2)11(10)16-3/h4-5,8,13-14H,6H2,1-3H3. The van der Waals surface area contributed by atoms with Crippen LogP contribution in [0.15, 0.2) is 12.1 Å². The largest absolute Gasteiger partial charge is 0.493 e. The lowest BCUT2D eigenvalue weighted by Gasteiger charge is -2.18. The summed E-state index contributed by atoms with van der Waals surface area (Å²) >= 11 is 6.04. The predicted molar refractivity (Wildman–Crippen MR) is 63.4 cm³/mol. The lowest BCUT2D eigenvalue weighted by Crippen LogP contribution is -2.17. The Labute approximate surface area is 100 Å². The van der Waals surface area contributed by atoms with Gasteiger partial charge in [0.1, 0.15) is 0 Å². The van der Waals surface area contributed by atoms with Crippen molar-refractivity contribution in [1.82, 2.24) is 5.32 Å². The Morgan fingerprint density at radius 1 is 1.38 bits per heavy atom. The summed E-state index contributed by atoms with van der Waals surface area (Å²) in [5.74, 6) is 1.02. The number of ether oxygens (including phenoxy) is 2. The van der Waals surface area contributed by atoms with E-state index in [4.69, 9.17) is 21.1 Å². The molecule has 0 saturated heterocycles. The van der Waals surface area contributed by atoms with Gasteiger partial charge in [-0.1, -0.05) is 11.6 Å². The highest BCUT2D eigenvalue weighted by molar-refractivity contribution is 6.31. The fourth-order valence-electron chi connectivity index (χ4n) is 1.53. The first kappa shape index (κ1) is 13.1. The maximum atomic E-state index is 9.95. The van der Waals surface area contributed by atoms with Gasteiger partial charge in [0.05, 0.1) is 25.3 Å². The molecule has 0 aliphatic rings. The molecule has 0 aliphatic heterocycles. The Hall–Kier alpha value is -0.970. The van der Waals surface area contributed by atoms with Crippen molar-refractivity contribution in [3.63, 3.8) is 0 Å². The molecule has 5 heteroatoms. The molecule has 0 aromatic heterocycles. The first-order valence-electron chi connectivity index (χ1n) is 4.88.